The zero-order valence-electron chi connectivity index (χ0n) is 10.6. The molecule has 19 heavy (non-hydrogen) atoms. The van der Waals surface area contributed by atoms with Gasteiger partial charge in [0, 0.05) is 10.0 Å². The predicted molar refractivity (Wildman–Crippen MR) is 74.2 cm³/mol. The third-order valence-electron chi connectivity index (χ3n) is 2.52. The molecule has 1 heterocycles. The van der Waals surface area contributed by atoms with Crippen molar-refractivity contribution in [3.8, 4) is 17.0 Å². The Bertz CT molecular complexity index is 595. The van der Waals surface area contributed by atoms with E-state index in [2.05, 4.69) is 26.1 Å². The molecule has 0 saturated heterocycles. The van der Waals surface area contributed by atoms with Gasteiger partial charge in [-0.1, -0.05) is 15.9 Å². The number of nitrogens with zero attached hydrogens (tertiary/aromatic N) is 1. The molecule has 0 bridgehead atoms. The lowest BCUT2D eigenvalue weighted by Crippen LogP contribution is -2.04. The summed E-state index contributed by atoms with van der Waals surface area (Å²) in [6.45, 7) is 2.09. The molecule has 0 atom stereocenters. The van der Waals surface area contributed by atoms with E-state index >= 15 is 0 Å². The molecule has 1 N–H and O–H groups in total. The topological polar surface area (TPSA) is 64.2 Å². The first-order valence-corrected chi connectivity index (χ1v) is 6.51. The van der Waals surface area contributed by atoms with E-state index in [1.807, 2.05) is 18.2 Å². The quantitative estimate of drug-likeness (QED) is 0.878. The molecule has 0 amide bonds. The zero-order valence-corrected chi connectivity index (χ0v) is 12.2. The van der Waals surface area contributed by atoms with Crippen molar-refractivity contribution in [1.29, 1.82) is 0 Å². The molecule has 0 unspecified atom stereocenters. The standard InChI is InChI=1S/C13H13BrN2O3/c1-3-19-13(17)12-7-11(15-16-12)9-6-8(18-2)4-5-10(9)14/h4-7H,3H2,1-2H3,(H,15,16). The maximum atomic E-state index is 11.6. The Labute approximate surface area is 119 Å². The average molecular weight is 325 g/mol. The second-order valence-electron chi connectivity index (χ2n) is 3.73. The lowest BCUT2D eigenvalue weighted by Gasteiger charge is -2.04. The molecule has 0 aliphatic heterocycles. The molecule has 1 aromatic heterocycles. The van der Waals surface area contributed by atoms with Crippen molar-refractivity contribution in [2.24, 2.45) is 0 Å². The summed E-state index contributed by atoms with van der Waals surface area (Å²) in [6.07, 6.45) is 0. The summed E-state index contributed by atoms with van der Waals surface area (Å²) in [7, 11) is 1.60. The van der Waals surface area contributed by atoms with E-state index in [4.69, 9.17) is 9.47 Å². The third-order valence-corrected chi connectivity index (χ3v) is 3.21. The Kier molecular flexibility index (Phi) is 4.21. The molecule has 0 aliphatic carbocycles. The lowest BCUT2D eigenvalue weighted by molar-refractivity contribution is 0.0519. The Morgan fingerprint density at radius 1 is 1.42 bits per heavy atom. The van der Waals surface area contributed by atoms with Crippen LogP contribution in [0.2, 0.25) is 0 Å². The van der Waals surface area contributed by atoms with Gasteiger partial charge in [-0.2, -0.15) is 5.10 Å². The Morgan fingerprint density at radius 2 is 2.21 bits per heavy atom. The van der Waals surface area contributed by atoms with Crippen LogP contribution in [0.25, 0.3) is 11.3 Å². The average Bonchev–Trinajstić information content (AvgIpc) is 2.89. The van der Waals surface area contributed by atoms with Crippen LogP contribution in [0.4, 0.5) is 0 Å². The van der Waals surface area contributed by atoms with Crippen LogP contribution in [0.5, 0.6) is 5.75 Å². The maximum Gasteiger partial charge on any atom is 0.356 e. The summed E-state index contributed by atoms with van der Waals surface area (Å²) in [6, 6.07) is 7.20. The van der Waals surface area contributed by atoms with Crippen LogP contribution < -0.4 is 4.74 Å². The van der Waals surface area contributed by atoms with Crippen LogP contribution in [0.15, 0.2) is 28.7 Å². The van der Waals surface area contributed by atoms with E-state index in [1.54, 1.807) is 20.1 Å². The van der Waals surface area contributed by atoms with E-state index in [9.17, 15) is 4.79 Å². The van der Waals surface area contributed by atoms with Crippen molar-refractivity contribution in [3.05, 3.63) is 34.4 Å². The number of ether oxygens (including phenoxy) is 2. The number of esters is 1. The number of carbonyl (C=O) groups is 1. The number of halogens is 1. The van der Waals surface area contributed by atoms with Crippen LogP contribution in [-0.2, 0) is 4.74 Å². The summed E-state index contributed by atoms with van der Waals surface area (Å²) in [5.41, 5.74) is 1.81. The van der Waals surface area contributed by atoms with Gasteiger partial charge in [0.05, 0.1) is 19.4 Å². The third kappa shape index (κ3) is 2.96. The number of aromatic nitrogens is 2. The van der Waals surface area contributed by atoms with Gasteiger partial charge in [0.2, 0.25) is 0 Å². The molecular formula is C13H13BrN2O3. The van der Waals surface area contributed by atoms with Gasteiger partial charge in [-0.25, -0.2) is 4.79 Å². The summed E-state index contributed by atoms with van der Waals surface area (Å²) >= 11 is 3.45. The van der Waals surface area contributed by atoms with Crippen molar-refractivity contribution in [1.82, 2.24) is 10.2 Å². The number of benzene rings is 1. The molecule has 2 rings (SSSR count). The van der Waals surface area contributed by atoms with Gasteiger partial charge in [0.1, 0.15) is 11.4 Å². The summed E-state index contributed by atoms with van der Waals surface area (Å²) in [5, 5.41) is 6.78. The highest BCUT2D eigenvalue weighted by atomic mass is 79.9. The number of H-pyrrole nitrogens is 1. The normalized spacial score (nSPS) is 10.3. The Morgan fingerprint density at radius 3 is 2.89 bits per heavy atom. The smallest absolute Gasteiger partial charge is 0.356 e. The van der Waals surface area contributed by atoms with Gasteiger partial charge in [0.25, 0.3) is 0 Å². The molecule has 0 fully saturated rings. The summed E-state index contributed by atoms with van der Waals surface area (Å²) < 4.78 is 10.9. The Balaban J connectivity index is 2.34. The van der Waals surface area contributed by atoms with E-state index in [0.717, 1.165) is 15.8 Å². The van der Waals surface area contributed by atoms with Crippen LogP contribution in [0, 0.1) is 0 Å². The predicted octanol–water partition coefficient (Wildman–Crippen LogP) is 3.02. The molecule has 2 aromatic rings. The van der Waals surface area contributed by atoms with E-state index in [-0.39, 0.29) is 0 Å². The number of carbonyl (C=O) groups excluding carboxylic acids is 1. The number of rotatable bonds is 4. The minimum absolute atomic E-state index is 0.326. The Hall–Kier alpha value is -1.82. The number of aromatic amines is 1. The van der Waals surface area contributed by atoms with Gasteiger partial charge < -0.3 is 9.47 Å². The fourth-order valence-electron chi connectivity index (χ4n) is 1.60. The first kappa shape index (κ1) is 13.6. The molecule has 100 valence electrons. The first-order chi connectivity index (χ1) is 9.15. The van der Waals surface area contributed by atoms with Gasteiger partial charge in [-0.05, 0) is 31.2 Å². The molecular weight excluding hydrogens is 312 g/mol. The molecule has 1 aromatic carbocycles. The van der Waals surface area contributed by atoms with Crippen LogP contribution in [0.3, 0.4) is 0 Å². The largest absolute Gasteiger partial charge is 0.497 e. The summed E-state index contributed by atoms with van der Waals surface area (Å²) in [5.74, 6) is 0.305. The van der Waals surface area contributed by atoms with Crippen molar-refractivity contribution in [3.63, 3.8) is 0 Å². The summed E-state index contributed by atoms with van der Waals surface area (Å²) in [4.78, 5) is 11.6. The van der Waals surface area contributed by atoms with Gasteiger partial charge in [-0.3, -0.25) is 5.10 Å². The van der Waals surface area contributed by atoms with E-state index < -0.39 is 5.97 Å². The van der Waals surface area contributed by atoms with E-state index in [0.29, 0.717) is 18.0 Å². The molecule has 0 aliphatic rings. The molecule has 6 heteroatoms. The van der Waals surface area contributed by atoms with Crippen molar-refractivity contribution in [2.45, 2.75) is 6.92 Å². The van der Waals surface area contributed by atoms with Gasteiger partial charge in [-0.15, -0.1) is 0 Å². The maximum absolute atomic E-state index is 11.6. The lowest BCUT2D eigenvalue weighted by atomic mass is 10.1. The fourth-order valence-corrected chi connectivity index (χ4v) is 2.05. The highest BCUT2D eigenvalue weighted by Gasteiger charge is 2.14. The van der Waals surface area contributed by atoms with Crippen LogP contribution >= 0.6 is 15.9 Å². The van der Waals surface area contributed by atoms with Crippen molar-refractivity contribution < 1.29 is 14.3 Å². The van der Waals surface area contributed by atoms with Gasteiger partial charge >= 0.3 is 5.97 Å². The molecule has 5 nitrogen and oxygen atoms in total. The second-order valence-corrected chi connectivity index (χ2v) is 4.59. The second kappa shape index (κ2) is 5.88. The number of nitrogens with one attached hydrogen (secondary N) is 1. The SMILES string of the molecule is CCOC(=O)c1cc(-c2cc(OC)ccc2Br)n[nH]1. The van der Waals surface area contributed by atoms with Crippen LogP contribution in [0.1, 0.15) is 17.4 Å². The zero-order chi connectivity index (χ0) is 13.8. The monoisotopic (exact) mass is 324 g/mol. The van der Waals surface area contributed by atoms with Crippen molar-refractivity contribution in [2.75, 3.05) is 13.7 Å². The number of hydrogen-bond acceptors (Lipinski definition) is 4. The number of hydrogen-bond donors (Lipinski definition) is 1. The van der Waals surface area contributed by atoms with Gasteiger partial charge in [0.15, 0.2) is 0 Å². The molecule has 0 radical (unpaired) electrons. The highest BCUT2D eigenvalue weighted by Crippen LogP contribution is 2.30. The highest BCUT2D eigenvalue weighted by molar-refractivity contribution is 9.10. The molecule has 0 saturated carbocycles. The van der Waals surface area contributed by atoms with E-state index in [1.165, 1.54) is 0 Å². The molecule has 0 spiro atoms. The fraction of sp³-hybridized carbons (Fsp3) is 0.231. The minimum Gasteiger partial charge on any atom is -0.497 e. The van der Waals surface area contributed by atoms with Crippen LogP contribution in [-0.4, -0.2) is 29.9 Å². The number of methoxy groups -OCH3 is 1. The first-order valence-electron chi connectivity index (χ1n) is 5.72. The van der Waals surface area contributed by atoms with Crippen molar-refractivity contribution >= 4 is 21.9 Å². The minimum atomic E-state index is -0.416.